The SMILES string of the molecule is CC(C)NS(=O)(=O)c1ccc(F)c(C(=O)NC2CCN(C(=O)c3ccco3)CC2)c1. The largest absolute Gasteiger partial charge is 0.459 e. The Morgan fingerprint density at radius 1 is 1.20 bits per heavy atom. The molecule has 1 saturated heterocycles. The standard InChI is InChI=1S/C20H24FN3O5S/c1-13(2)23-30(27,28)15-5-6-17(21)16(12-15)19(25)22-14-7-9-24(10-8-14)20(26)18-4-3-11-29-18/h3-6,11-14,23H,7-10H2,1-2H3,(H,22,25). The first-order valence-electron chi connectivity index (χ1n) is 9.63. The molecule has 162 valence electrons. The molecular formula is C20H24FN3O5S. The van der Waals surface area contributed by atoms with Crippen LogP contribution in [0.3, 0.4) is 0 Å². The lowest BCUT2D eigenvalue weighted by Gasteiger charge is -2.32. The molecule has 0 saturated carbocycles. The van der Waals surface area contributed by atoms with Gasteiger partial charge in [0.25, 0.3) is 11.8 Å². The third-order valence-corrected chi connectivity index (χ3v) is 6.39. The highest BCUT2D eigenvalue weighted by atomic mass is 32.2. The highest BCUT2D eigenvalue weighted by Gasteiger charge is 2.27. The number of amides is 2. The van der Waals surface area contributed by atoms with E-state index in [9.17, 15) is 22.4 Å². The van der Waals surface area contributed by atoms with E-state index in [-0.39, 0.29) is 34.2 Å². The molecule has 0 spiro atoms. The fourth-order valence-corrected chi connectivity index (χ4v) is 4.55. The molecule has 0 unspecified atom stereocenters. The first kappa shape index (κ1) is 22.0. The second kappa shape index (κ2) is 8.97. The molecule has 0 atom stereocenters. The van der Waals surface area contributed by atoms with Crippen molar-refractivity contribution in [2.75, 3.05) is 13.1 Å². The number of benzene rings is 1. The molecule has 30 heavy (non-hydrogen) atoms. The van der Waals surface area contributed by atoms with E-state index < -0.39 is 21.7 Å². The summed E-state index contributed by atoms with van der Waals surface area (Å²) in [6.07, 6.45) is 2.42. The molecular weight excluding hydrogens is 413 g/mol. The molecule has 0 radical (unpaired) electrons. The summed E-state index contributed by atoms with van der Waals surface area (Å²) >= 11 is 0. The Kier molecular flexibility index (Phi) is 6.57. The topological polar surface area (TPSA) is 109 Å². The van der Waals surface area contributed by atoms with Crippen LogP contribution in [0.25, 0.3) is 0 Å². The number of halogens is 1. The van der Waals surface area contributed by atoms with E-state index in [4.69, 9.17) is 4.42 Å². The minimum atomic E-state index is -3.85. The summed E-state index contributed by atoms with van der Waals surface area (Å²) in [5.41, 5.74) is -0.337. The molecule has 2 heterocycles. The molecule has 1 fully saturated rings. The Morgan fingerprint density at radius 2 is 1.90 bits per heavy atom. The number of carbonyl (C=O) groups is 2. The van der Waals surface area contributed by atoms with Crippen LogP contribution in [0.5, 0.6) is 0 Å². The quantitative estimate of drug-likeness (QED) is 0.720. The zero-order chi connectivity index (χ0) is 21.9. The Bertz CT molecular complexity index is 1010. The maximum atomic E-state index is 14.2. The van der Waals surface area contributed by atoms with Crippen molar-refractivity contribution < 1.29 is 26.8 Å². The molecule has 1 aromatic heterocycles. The van der Waals surface area contributed by atoms with E-state index in [1.807, 2.05) is 0 Å². The summed E-state index contributed by atoms with van der Waals surface area (Å²) in [6.45, 7) is 4.16. The average Bonchev–Trinajstić information content (AvgIpc) is 3.22. The van der Waals surface area contributed by atoms with Gasteiger partial charge in [-0.2, -0.15) is 0 Å². The van der Waals surface area contributed by atoms with Gasteiger partial charge >= 0.3 is 0 Å². The maximum absolute atomic E-state index is 14.2. The minimum absolute atomic E-state index is 0.179. The van der Waals surface area contributed by atoms with E-state index in [0.29, 0.717) is 25.9 Å². The summed E-state index contributed by atoms with van der Waals surface area (Å²) in [7, 11) is -3.85. The third-order valence-electron chi connectivity index (χ3n) is 4.73. The van der Waals surface area contributed by atoms with Crippen LogP contribution >= 0.6 is 0 Å². The van der Waals surface area contributed by atoms with Crippen molar-refractivity contribution in [1.82, 2.24) is 14.9 Å². The van der Waals surface area contributed by atoms with Crippen LogP contribution in [0.2, 0.25) is 0 Å². The molecule has 2 aromatic rings. The van der Waals surface area contributed by atoms with Gasteiger partial charge < -0.3 is 14.6 Å². The fraction of sp³-hybridized carbons (Fsp3) is 0.400. The molecule has 1 aliphatic heterocycles. The summed E-state index contributed by atoms with van der Waals surface area (Å²) < 4.78 is 46.3. The molecule has 3 rings (SSSR count). The number of likely N-dealkylation sites (tertiary alicyclic amines) is 1. The number of hydrogen-bond donors (Lipinski definition) is 2. The predicted molar refractivity (Wildman–Crippen MR) is 107 cm³/mol. The first-order chi connectivity index (χ1) is 14.2. The van der Waals surface area contributed by atoms with E-state index in [1.165, 1.54) is 6.26 Å². The van der Waals surface area contributed by atoms with Crippen molar-refractivity contribution in [3.05, 3.63) is 53.7 Å². The van der Waals surface area contributed by atoms with E-state index in [1.54, 1.807) is 30.9 Å². The van der Waals surface area contributed by atoms with Gasteiger partial charge in [0.15, 0.2) is 5.76 Å². The molecule has 2 N–H and O–H groups in total. The smallest absolute Gasteiger partial charge is 0.289 e. The highest BCUT2D eigenvalue weighted by Crippen LogP contribution is 2.18. The number of nitrogens with one attached hydrogen (secondary N) is 2. The van der Waals surface area contributed by atoms with Crippen molar-refractivity contribution in [1.29, 1.82) is 0 Å². The van der Waals surface area contributed by atoms with Gasteiger partial charge in [-0.3, -0.25) is 9.59 Å². The van der Waals surface area contributed by atoms with Crippen LogP contribution in [0.1, 0.15) is 47.6 Å². The Labute approximate surface area is 174 Å². The first-order valence-corrected chi connectivity index (χ1v) is 11.1. The number of piperidine rings is 1. The van der Waals surface area contributed by atoms with Crippen molar-refractivity contribution in [3.8, 4) is 0 Å². The third kappa shape index (κ3) is 5.06. The molecule has 0 aliphatic carbocycles. The maximum Gasteiger partial charge on any atom is 0.289 e. The van der Waals surface area contributed by atoms with Gasteiger partial charge in [-0.25, -0.2) is 17.5 Å². The second-order valence-corrected chi connectivity index (χ2v) is 9.15. The fourth-order valence-electron chi connectivity index (χ4n) is 3.27. The Morgan fingerprint density at radius 3 is 2.50 bits per heavy atom. The van der Waals surface area contributed by atoms with Gasteiger partial charge in [0.05, 0.1) is 16.7 Å². The van der Waals surface area contributed by atoms with Crippen LogP contribution in [0.4, 0.5) is 4.39 Å². The molecule has 1 aromatic carbocycles. The second-order valence-electron chi connectivity index (χ2n) is 7.43. The lowest BCUT2D eigenvalue weighted by atomic mass is 10.0. The van der Waals surface area contributed by atoms with E-state index >= 15 is 0 Å². The minimum Gasteiger partial charge on any atom is -0.459 e. The van der Waals surface area contributed by atoms with Gasteiger partial charge in [-0.1, -0.05) is 0 Å². The summed E-state index contributed by atoms with van der Waals surface area (Å²) in [5, 5.41) is 2.73. The number of furan rings is 1. The zero-order valence-electron chi connectivity index (χ0n) is 16.7. The van der Waals surface area contributed by atoms with Gasteiger partial charge in [0.1, 0.15) is 5.82 Å². The van der Waals surface area contributed by atoms with Gasteiger partial charge in [-0.15, -0.1) is 0 Å². The Hall–Kier alpha value is -2.72. The summed E-state index contributed by atoms with van der Waals surface area (Å²) in [4.78, 5) is 26.3. The number of rotatable bonds is 6. The lowest BCUT2D eigenvalue weighted by molar-refractivity contribution is 0.0667. The normalized spacial score (nSPS) is 15.4. The van der Waals surface area contributed by atoms with Crippen LogP contribution in [-0.2, 0) is 10.0 Å². The molecule has 10 heteroatoms. The van der Waals surface area contributed by atoms with Crippen LogP contribution in [-0.4, -0.2) is 50.3 Å². The van der Waals surface area contributed by atoms with E-state index in [2.05, 4.69) is 10.0 Å². The molecule has 8 nitrogen and oxygen atoms in total. The zero-order valence-corrected chi connectivity index (χ0v) is 17.5. The summed E-state index contributed by atoms with van der Waals surface area (Å²) in [5.74, 6) is -1.45. The Balaban J connectivity index is 1.64. The average molecular weight is 437 g/mol. The number of carbonyl (C=O) groups excluding carboxylic acids is 2. The highest BCUT2D eigenvalue weighted by molar-refractivity contribution is 7.89. The monoisotopic (exact) mass is 437 g/mol. The molecule has 2 amide bonds. The lowest BCUT2D eigenvalue weighted by Crippen LogP contribution is -2.46. The van der Waals surface area contributed by atoms with E-state index in [0.717, 1.165) is 18.2 Å². The molecule has 1 aliphatic rings. The van der Waals surface area contributed by atoms with Crippen LogP contribution < -0.4 is 10.0 Å². The van der Waals surface area contributed by atoms with Crippen LogP contribution in [0.15, 0.2) is 45.9 Å². The summed E-state index contributed by atoms with van der Waals surface area (Å²) in [6, 6.07) is 5.75. The number of nitrogens with zero attached hydrogens (tertiary/aromatic N) is 1. The number of hydrogen-bond acceptors (Lipinski definition) is 5. The molecule has 0 bridgehead atoms. The van der Waals surface area contributed by atoms with Crippen molar-refractivity contribution in [3.63, 3.8) is 0 Å². The van der Waals surface area contributed by atoms with Crippen molar-refractivity contribution in [2.24, 2.45) is 0 Å². The van der Waals surface area contributed by atoms with Gasteiger partial charge in [-0.05, 0) is 57.0 Å². The van der Waals surface area contributed by atoms with Gasteiger partial charge in [0.2, 0.25) is 10.0 Å². The predicted octanol–water partition coefficient (Wildman–Crippen LogP) is 2.14. The number of sulfonamides is 1. The van der Waals surface area contributed by atoms with Crippen LogP contribution in [0, 0.1) is 5.82 Å². The van der Waals surface area contributed by atoms with Crippen molar-refractivity contribution >= 4 is 21.8 Å². The van der Waals surface area contributed by atoms with Crippen molar-refractivity contribution in [2.45, 2.75) is 43.7 Å². The van der Waals surface area contributed by atoms with Gasteiger partial charge in [0, 0.05) is 25.2 Å².